The summed E-state index contributed by atoms with van der Waals surface area (Å²) >= 11 is 0. The Morgan fingerprint density at radius 2 is 1.60 bits per heavy atom. The maximum absolute atomic E-state index is 13.5. The molecule has 1 aliphatic rings. The number of halogens is 5. The number of hydrogen-bond acceptors (Lipinski definition) is 4. The molecule has 0 saturated heterocycles. The lowest BCUT2D eigenvalue weighted by molar-refractivity contribution is -0.137. The first kappa shape index (κ1) is 23.0. The molecule has 5 rings (SSSR count). The SMILES string of the molecule is Fc1ccc(-c2ccc(CN3CCc4nc(-c5ccc(C(F)(F)F)cc5)ncc4C3)cn2)cc1F. The topological polar surface area (TPSA) is 41.9 Å². The Bertz CT molecular complexity index is 1350. The van der Waals surface area contributed by atoms with E-state index in [4.69, 9.17) is 0 Å². The van der Waals surface area contributed by atoms with Crippen LogP contribution in [0.1, 0.15) is 22.4 Å². The summed E-state index contributed by atoms with van der Waals surface area (Å²) < 4.78 is 65.1. The van der Waals surface area contributed by atoms with Crippen LogP contribution < -0.4 is 0 Å². The number of hydrogen-bond donors (Lipinski definition) is 0. The van der Waals surface area contributed by atoms with E-state index in [1.807, 2.05) is 6.07 Å². The minimum absolute atomic E-state index is 0.406. The van der Waals surface area contributed by atoms with Gasteiger partial charge in [0.05, 0.1) is 17.0 Å². The van der Waals surface area contributed by atoms with Gasteiger partial charge in [-0.25, -0.2) is 18.7 Å². The molecule has 9 heteroatoms. The van der Waals surface area contributed by atoms with Crippen LogP contribution in [0.5, 0.6) is 0 Å². The van der Waals surface area contributed by atoms with Crippen molar-refractivity contribution in [3.63, 3.8) is 0 Å². The van der Waals surface area contributed by atoms with E-state index in [-0.39, 0.29) is 0 Å². The lowest BCUT2D eigenvalue weighted by atomic mass is 10.1. The van der Waals surface area contributed by atoms with E-state index in [0.29, 0.717) is 42.2 Å². The van der Waals surface area contributed by atoms with Gasteiger partial charge in [-0.1, -0.05) is 18.2 Å². The first-order valence-electron chi connectivity index (χ1n) is 10.9. The maximum atomic E-state index is 13.5. The second-order valence-electron chi connectivity index (χ2n) is 8.38. The fraction of sp³-hybridized carbons (Fsp3) is 0.192. The highest BCUT2D eigenvalue weighted by Gasteiger charge is 2.30. The third-order valence-electron chi connectivity index (χ3n) is 5.93. The molecule has 4 aromatic rings. The summed E-state index contributed by atoms with van der Waals surface area (Å²) in [7, 11) is 0. The molecule has 2 aromatic carbocycles. The summed E-state index contributed by atoms with van der Waals surface area (Å²) in [6.07, 6.45) is -0.248. The molecule has 2 aromatic heterocycles. The van der Waals surface area contributed by atoms with Crippen molar-refractivity contribution in [2.24, 2.45) is 0 Å². The number of aromatic nitrogens is 3. The Kier molecular flexibility index (Phi) is 6.02. The highest BCUT2D eigenvalue weighted by Crippen LogP contribution is 2.31. The van der Waals surface area contributed by atoms with Crippen molar-refractivity contribution in [1.29, 1.82) is 0 Å². The van der Waals surface area contributed by atoms with Gasteiger partial charge in [-0.15, -0.1) is 0 Å². The smallest absolute Gasteiger partial charge is 0.294 e. The van der Waals surface area contributed by atoms with E-state index in [9.17, 15) is 22.0 Å². The van der Waals surface area contributed by atoms with Crippen LogP contribution in [-0.4, -0.2) is 26.4 Å². The molecule has 0 atom stereocenters. The van der Waals surface area contributed by atoms with Gasteiger partial charge in [-0.3, -0.25) is 9.88 Å². The third kappa shape index (κ3) is 5.05. The predicted octanol–water partition coefficient (Wildman–Crippen LogP) is 6.06. The van der Waals surface area contributed by atoms with Crippen molar-refractivity contribution < 1.29 is 22.0 Å². The van der Waals surface area contributed by atoms with Gasteiger partial charge in [0.25, 0.3) is 0 Å². The number of benzene rings is 2. The molecular formula is C26H19F5N4. The molecule has 4 nitrogen and oxygen atoms in total. The second kappa shape index (κ2) is 9.14. The number of fused-ring (bicyclic) bond motifs is 1. The number of nitrogens with zero attached hydrogens (tertiary/aromatic N) is 4. The van der Waals surface area contributed by atoms with Gasteiger partial charge in [-0.2, -0.15) is 13.2 Å². The zero-order valence-electron chi connectivity index (χ0n) is 18.4. The van der Waals surface area contributed by atoms with Gasteiger partial charge >= 0.3 is 6.18 Å². The van der Waals surface area contributed by atoms with Gasteiger partial charge in [0.1, 0.15) is 0 Å². The Morgan fingerprint density at radius 1 is 0.829 bits per heavy atom. The maximum Gasteiger partial charge on any atom is 0.416 e. The average Bonchev–Trinajstić information content (AvgIpc) is 2.85. The van der Waals surface area contributed by atoms with Crippen molar-refractivity contribution in [2.75, 3.05) is 6.54 Å². The lowest BCUT2D eigenvalue weighted by Crippen LogP contribution is -2.31. The third-order valence-corrected chi connectivity index (χ3v) is 5.93. The molecule has 0 bridgehead atoms. The molecule has 0 saturated carbocycles. The number of pyridine rings is 1. The van der Waals surface area contributed by atoms with Crippen molar-refractivity contribution in [3.8, 4) is 22.6 Å². The van der Waals surface area contributed by atoms with E-state index >= 15 is 0 Å². The van der Waals surface area contributed by atoms with Gasteiger partial charge in [0, 0.05) is 55.1 Å². The van der Waals surface area contributed by atoms with E-state index in [1.54, 1.807) is 18.5 Å². The fourth-order valence-corrected chi connectivity index (χ4v) is 4.06. The van der Waals surface area contributed by atoms with Crippen LogP contribution in [0, 0.1) is 11.6 Å². The van der Waals surface area contributed by atoms with E-state index < -0.39 is 23.4 Å². The molecular weight excluding hydrogens is 463 g/mol. The van der Waals surface area contributed by atoms with E-state index in [0.717, 1.165) is 47.6 Å². The zero-order chi connectivity index (χ0) is 24.6. The minimum Gasteiger partial charge on any atom is -0.294 e. The van der Waals surface area contributed by atoms with Crippen LogP contribution in [0.25, 0.3) is 22.6 Å². The predicted molar refractivity (Wildman–Crippen MR) is 120 cm³/mol. The highest BCUT2D eigenvalue weighted by molar-refractivity contribution is 5.59. The summed E-state index contributed by atoms with van der Waals surface area (Å²) in [6.45, 7) is 2.03. The summed E-state index contributed by atoms with van der Waals surface area (Å²) in [5, 5.41) is 0. The molecule has 35 heavy (non-hydrogen) atoms. The summed E-state index contributed by atoms with van der Waals surface area (Å²) in [5.74, 6) is -1.40. The number of rotatable bonds is 4. The monoisotopic (exact) mass is 482 g/mol. The average molecular weight is 482 g/mol. The first-order chi connectivity index (χ1) is 16.8. The highest BCUT2D eigenvalue weighted by atomic mass is 19.4. The van der Waals surface area contributed by atoms with Gasteiger partial charge in [-0.05, 0) is 42.0 Å². The molecule has 0 amide bonds. The van der Waals surface area contributed by atoms with E-state index in [2.05, 4.69) is 19.9 Å². The molecule has 0 spiro atoms. The van der Waals surface area contributed by atoms with Crippen molar-refractivity contribution in [2.45, 2.75) is 25.7 Å². The molecule has 0 aliphatic carbocycles. The van der Waals surface area contributed by atoms with Crippen LogP contribution in [0.15, 0.2) is 67.0 Å². The Hall–Kier alpha value is -3.72. The lowest BCUT2D eigenvalue weighted by Gasteiger charge is -2.28. The summed E-state index contributed by atoms with van der Waals surface area (Å²) in [5.41, 5.74) is 3.72. The van der Waals surface area contributed by atoms with Crippen LogP contribution in [0.3, 0.4) is 0 Å². The zero-order valence-corrected chi connectivity index (χ0v) is 18.4. The summed E-state index contributed by atoms with van der Waals surface area (Å²) in [4.78, 5) is 15.6. The van der Waals surface area contributed by atoms with Crippen LogP contribution in [0.2, 0.25) is 0 Å². The van der Waals surface area contributed by atoms with Gasteiger partial charge in [0.2, 0.25) is 0 Å². The normalized spacial score (nSPS) is 14.1. The summed E-state index contributed by atoms with van der Waals surface area (Å²) in [6, 6.07) is 12.2. The van der Waals surface area contributed by atoms with Crippen molar-refractivity contribution >= 4 is 0 Å². The first-order valence-corrected chi connectivity index (χ1v) is 10.9. The molecule has 3 heterocycles. The molecule has 0 unspecified atom stereocenters. The molecule has 0 N–H and O–H groups in total. The minimum atomic E-state index is -4.38. The molecule has 0 radical (unpaired) electrons. The van der Waals surface area contributed by atoms with Gasteiger partial charge < -0.3 is 0 Å². The fourth-order valence-electron chi connectivity index (χ4n) is 4.06. The Labute approximate surface area is 198 Å². The van der Waals surface area contributed by atoms with Crippen LogP contribution >= 0.6 is 0 Å². The quantitative estimate of drug-likeness (QED) is 0.332. The largest absolute Gasteiger partial charge is 0.416 e. The van der Waals surface area contributed by atoms with Crippen LogP contribution in [-0.2, 0) is 25.7 Å². The van der Waals surface area contributed by atoms with Crippen molar-refractivity contribution in [3.05, 3.63) is 101 Å². The molecule has 178 valence electrons. The second-order valence-corrected chi connectivity index (χ2v) is 8.38. The standard InChI is InChI=1S/C26H19F5N4/c27-21-7-4-18(11-22(21)28)23-8-1-16(12-32-23)14-35-10-9-24-19(15-35)13-33-25(34-24)17-2-5-20(6-3-17)26(29,30)31/h1-8,11-13H,9-10,14-15H2. The molecule has 0 fully saturated rings. The van der Waals surface area contributed by atoms with Crippen LogP contribution in [0.4, 0.5) is 22.0 Å². The number of alkyl halides is 3. The van der Waals surface area contributed by atoms with E-state index in [1.165, 1.54) is 18.2 Å². The molecule has 1 aliphatic heterocycles. The van der Waals surface area contributed by atoms with Crippen molar-refractivity contribution in [1.82, 2.24) is 19.9 Å². The Balaban J connectivity index is 1.25. The van der Waals surface area contributed by atoms with Gasteiger partial charge in [0.15, 0.2) is 17.5 Å². The Morgan fingerprint density at radius 3 is 2.29 bits per heavy atom.